The molecule has 5 nitrogen and oxygen atoms in total. The number of aryl methyl sites for hydroxylation is 2. The molecule has 120 valence electrons. The van der Waals surface area contributed by atoms with Crippen LogP contribution in [0.15, 0.2) is 53.3 Å². The zero-order valence-electron chi connectivity index (χ0n) is 13.8. The minimum absolute atomic E-state index is 0.0795. The summed E-state index contributed by atoms with van der Waals surface area (Å²) in [6, 6.07) is 15.5. The molecule has 5 heteroatoms. The van der Waals surface area contributed by atoms with Crippen molar-refractivity contribution in [3.63, 3.8) is 0 Å². The summed E-state index contributed by atoms with van der Waals surface area (Å²) in [5.74, 6) is 1.28. The highest BCUT2D eigenvalue weighted by Gasteiger charge is 2.17. The number of benzene rings is 2. The van der Waals surface area contributed by atoms with Gasteiger partial charge in [0.15, 0.2) is 0 Å². The molecule has 2 heterocycles. The molecular formula is C19H17N3O2. The minimum Gasteiger partial charge on any atom is -0.497 e. The number of nitrogens with zero attached hydrogens (tertiary/aromatic N) is 3. The molecule has 0 fully saturated rings. The molecule has 0 N–H and O–H groups in total. The zero-order valence-corrected chi connectivity index (χ0v) is 13.8. The lowest BCUT2D eigenvalue weighted by Gasteiger charge is -2.14. The van der Waals surface area contributed by atoms with Gasteiger partial charge in [0, 0.05) is 11.4 Å². The van der Waals surface area contributed by atoms with Crippen molar-refractivity contribution in [1.29, 1.82) is 0 Å². The quantitative estimate of drug-likeness (QED) is 0.570. The number of methoxy groups -OCH3 is 1. The smallest absolute Gasteiger partial charge is 0.267 e. The van der Waals surface area contributed by atoms with E-state index in [9.17, 15) is 4.79 Å². The van der Waals surface area contributed by atoms with Crippen LogP contribution >= 0.6 is 0 Å². The van der Waals surface area contributed by atoms with E-state index in [4.69, 9.17) is 4.74 Å². The Bertz CT molecular complexity index is 1120. The van der Waals surface area contributed by atoms with Gasteiger partial charge in [0.1, 0.15) is 5.75 Å². The van der Waals surface area contributed by atoms with Crippen molar-refractivity contribution in [2.75, 3.05) is 7.11 Å². The lowest BCUT2D eigenvalue weighted by atomic mass is 10.2. The SMILES string of the molecule is COc1ccc2c(c1)c(=O)n1c(C)c(C)nc1n2-c1ccccc1. The average Bonchev–Trinajstić information content (AvgIpc) is 2.91. The topological polar surface area (TPSA) is 48.5 Å². The number of rotatable bonds is 2. The van der Waals surface area contributed by atoms with E-state index in [1.807, 2.05) is 60.9 Å². The third kappa shape index (κ3) is 1.94. The van der Waals surface area contributed by atoms with Crippen molar-refractivity contribution in [3.05, 3.63) is 70.3 Å². The fourth-order valence-corrected chi connectivity index (χ4v) is 3.05. The van der Waals surface area contributed by atoms with Gasteiger partial charge in [-0.2, -0.15) is 0 Å². The number of ether oxygens (including phenoxy) is 1. The molecule has 0 aliphatic heterocycles. The van der Waals surface area contributed by atoms with Crippen molar-refractivity contribution in [3.8, 4) is 11.4 Å². The highest BCUT2D eigenvalue weighted by atomic mass is 16.5. The van der Waals surface area contributed by atoms with Crippen LogP contribution in [-0.4, -0.2) is 21.1 Å². The number of aromatic nitrogens is 3. The van der Waals surface area contributed by atoms with Crippen molar-refractivity contribution in [2.45, 2.75) is 13.8 Å². The van der Waals surface area contributed by atoms with Crippen LogP contribution in [0.3, 0.4) is 0 Å². The van der Waals surface area contributed by atoms with Gasteiger partial charge in [-0.1, -0.05) is 18.2 Å². The summed E-state index contributed by atoms with van der Waals surface area (Å²) >= 11 is 0. The van der Waals surface area contributed by atoms with Gasteiger partial charge in [-0.3, -0.25) is 9.36 Å². The van der Waals surface area contributed by atoms with Gasteiger partial charge in [0.2, 0.25) is 5.78 Å². The normalized spacial score (nSPS) is 11.3. The second kappa shape index (κ2) is 5.23. The number of hydrogen-bond donors (Lipinski definition) is 0. The Morgan fingerprint density at radius 3 is 2.50 bits per heavy atom. The number of para-hydroxylation sites is 1. The first kappa shape index (κ1) is 14.5. The highest BCUT2D eigenvalue weighted by Crippen LogP contribution is 2.24. The Labute approximate surface area is 138 Å². The summed E-state index contributed by atoms with van der Waals surface area (Å²) in [6.07, 6.45) is 0. The number of imidazole rings is 1. The van der Waals surface area contributed by atoms with Gasteiger partial charge in [-0.25, -0.2) is 9.38 Å². The van der Waals surface area contributed by atoms with Crippen molar-refractivity contribution in [2.24, 2.45) is 0 Å². The second-order valence-electron chi connectivity index (χ2n) is 5.78. The average molecular weight is 319 g/mol. The lowest BCUT2D eigenvalue weighted by Crippen LogP contribution is -2.19. The van der Waals surface area contributed by atoms with E-state index in [0.29, 0.717) is 16.9 Å². The van der Waals surface area contributed by atoms with E-state index in [1.165, 1.54) is 0 Å². The van der Waals surface area contributed by atoms with Crippen molar-refractivity contribution in [1.82, 2.24) is 14.0 Å². The second-order valence-corrected chi connectivity index (χ2v) is 5.78. The maximum atomic E-state index is 13.0. The Balaban J connectivity index is 2.28. The van der Waals surface area contributed by atoms with Crippen molar-refractivity contribution < 1.29 is 4.74 Å². The van der Waals surface area contributed by atoms with E-state index in [-0.39, 0.29) is 5.56 Å². The van der Waals surface area contributed by atoms with Crippen molar-refractivity contribution >= 4 is 16.7 Å². The molecule has 0 amide bonds. The molecule has 0 atom stereocenters. The zero-order chi connectivity index (χ0) is 16.8. The first-order valence-electron chi connectivity index (χ1n) is 7.75. The summed E-state index contributed by atoms with van der Waals surface area (Å²) in [5, 5.41) is 0.603. The van der Waals surface area contributed by atoms with Crippen LogP contribution in [0, 0.1) is 13.8 Å². The predicted octanol–water partition coefficient (Wildman–Crippen LogP) is 3.26. The molecular weight excluding hydrogens is 302 g/mol. The summed E-state index contributed by atoms with van der Waals surface area (Å²) < 4.78 is 8.98. The summed E-state index contributed by atoms with van der Waals surface area (Å²) in [4.78, 5) is 17.7. The van der Waals surface area contributed by atoms with Gasteiger partial charge < -0.3 is 4.74 Å². The standard InChI is InChI=1S/C19H17N3O2/c1-12-13(2)21-18(23)16-11-15(24-3)9-10-17(16)22(19(21)20-12)14-7-5-4-6-8-14/h4-11H,1-3H3. The predicted molar refractivity (Wildman–Crippen MR) is 94.3 cm³/mol. The molecule has 0 saturated heterocycles. The molecule has 0 unspecified atom stereocenters. The van der Waals surface area contributed by atoms with E-state index >= 15 is 0 Å². The van der Waals surface area contributed by atoms with Gasteiger partial charge in [0.05, 0.1) is 23.7 Å². The molecule has 24 heavy (non-hydrogen) atoms. The van der Waals surface area contributed by atoms with E-state index in [2.05, 4.69) is 4.98 Å². The maximum absolute atomic E-state index is 13.0. The van der Waals surface area contributed by atoms with E-state index < -0.39 is 0 Å². The molecule has 0 spiro atoms. The minimum atomic E-state index is -0.0795. The fourth-order valence-electron chi connectivity index (χ4n) is 3.05. The summed E-state index contributed by atoms with van der Waals surface area (Å²) in [6.45, 7) is 3.83. The number of hydrogen-bond acceptors (Lipinski definition) is 3. The fraction of sp³-hybridized carbons (Fsp3) is 0.158. The van der Waals surface area contributed by atoms with Crippen LogP contribution in [0.4, 0.5) is 0 Å². The summed E-state index contributed by atoms with van der Waals surface area (Å²) in [5.41, 5.74) is 3.39. The molecule has 4 aromatic rings. The van der Waals surface area contributed by atoms with Crippen LogP contribution < -0.4 is 10.3 Å². The Kier molecular flexibility index (Phi) is 3.16. The molecule has 0 aliphatic rings. The molecule has 2 aromatic carbocycles. The highest BCUT2D eigenvalue weighted by molar-refractivity contribution is 5.84. The third-order valence-electron chi connectivity index (χ3n) is 4.42. The third-order valence-corrected chi connectivity index (χ3v) is 4.42. The van der Waals surface area contributed by atoms with Crippen LogP contribution in [0.5, 0.6) is 5.75 Å². The Morgan fingerprint density at radius 1 is 1.04 bits per heavy atom. The molecule has 0 radical (unpaired) electrons. The lowest BCUT2D eigenvalue weighted by molar-refractivity contribution is 0.415. The molecule has 0 saturated carbocycles. The van der Waals surface area contributed by atoms with Gasteiger partial charge >= 0.3 is 0 Å². The molecule has 4 rings (SSSR count). The van der Waals surface area contributed by atoms with E-state index in [1.54, 1.807) is 17.6 Å². The van der Waals surface area contributed by atoms with Crippen LogP contribution in [0.2, 0.25) is 0 Å². The monoisotopic (exact) mass is 319 g/mol. The van der Waals surface area contributed by atoms with Gasteiger partial charge in [0.25, 0.3) is 5.56 Å². The van der Waals surface area contributed by atoms with E-state index in [0.717, 1.165) is 22.6 Å². The number of fused-ring (bicyclic) bond motifs is 2. The van der Waals surface area contributed by atoms with Crippen LogP contribution in [0.1, 0.15) is 11.4 Å². The largest absolute Gasteiger partial charge is 0.497 e. The van der Waals surface area contributed by atoms with Crippen LogP contribution in [-0.2, 0) is 0 Å². The molecule has 0 bridgehead atoms. The summed E-state index contributed by atoms with van der Waals surface area (Å²) in [7, 11) is 1.60. The first-order valence-corrected chi connectivity index (χ1v) is 7.75. The van der Waals surface area contributed by atoms with Gasteiger partial charge in [-0.15, -0.1) is 0 Å². The first-order chi connectivity index (χ1) is 11.6. The maximum Gasteiger partial charge on any atom is 0.267 e. The Morgan fingerprint density at radius 2 is 1.79 bits per heavy atom. The Hall–Kier alpha value is -3.08. The molecule has 2 aromatic heterocycles. The molecule has 0 aliphatic carbocycles. The van der Waals surface area contributed by atoms with Crippen LogP contribution in [0.25, 0.3) is 22.4 Å². The van der Waals surface area contributed by atoms with Gasteiger partial charge in [-0.05, 0) is 44.2 Å².